The molecule has 2 rings (SSSR count). The average molecular weight is 285 g/mol. The lowest BCUT2D eigenvalue weighted by atomic mass is 10.1. The van der Waals surface area contributed by atoms with Gasteiger partial charge >= 0.3 is 0 Å². The molecule has 1 aromatic carbocycles. The zero-order valence-electron chi connectivity index (χ0n) is 12.2. The van der Waals surface area contributed by atoms with Gasteiger partial charge in [0.25, 0.3) is 0 Å². The Morgan fingerprint density at radius 2 is 1.90 bits per heavy atom. The highest BCUT2D eigenvalue weighted by Crippen LogP contribution is 2.09. The molecule has 1 heterocycles. The second-order valence-electron chi connectivity index (χ2n) is 4.80. The van der Waals surface area contributed by atoms with Gasteiger partial charge in [0.05, 0.1) is 18.8 Å². The number of ether oxygens (including phenoxy) is 1. The van der Waals surface area contributed by atoms with Gasteiger partial charge in [0.2, 0.25) is 0 Å². The SMILES string of the molecule is CNC(C)COc1cnc(CC(=O)c2ccccc2)nc1. The molecule has 0 saturated carbocycles. The molecule has 1 unspecified atom stereocenters. The number of aromatic nitrogens is 2. The predicted molar refractivity (Wildman–Crippen MR) is 80.5 cm³/mol. The number of rotatable bonds is 7. The summed E-state index contributed by atoms with van der Waals surface area (Å²) in [6.07, 6.45) is 3.39. The van der Waals surface area contributed by atoms with E-state index in [0.29, 0.717) is 23.7 Å². The zero-order valence-corrected chi connectivity index (χ0v) is 12.2. The van der Waals surface area contributed by atoms with E-state index >= 15 is 0 Å². The monoisotopic (exact) mass is 285 g/mol. The molecule has 1 N–H and O–H groups in total. The summed E-state index contributed by atoms with van der Waals surface area (Å²) >= 11 is 0. The summed E-state index contributed by atoms with van der Waals surface area (Å²) in [7, 11) is 1.88. The highest BCUT2D eigenvalue weighted by molar-refractivity contribution is 5.97. The third kappa shape index (κ3) is 4.65. The van der Waals surface area contributed by atoms with Crippen LogP contribution in [0.5, 0.6) is 5.75 Å². The van der Waals surface area contributed by atoms with Crippen LogP contribution < -0.4 is 10.1 Å². The Kier molecular flexibility index (Phi) is 5.40. The van der Waals surface area contributed by atoms with Crippen LogP contribution in [0.15, 0.2) is 42.7 Å². The van der Waals surface area contributed by atoms with Gasteiger partial charge in [0.1, 0.15) is 12.4 Å². The predicted octanol–water partition coefficient (Wildman–Crippen LogP) is 1.89. The first kappa shape index (κ1) is 15.1. The minimum atomic E-state index is 0.00748. The quantitative estimate of drug-likeness (QED) is 0.787. The molecule has 1 atom stereocenters. The molecule has 2 aromatic rings. The number of Topliss-reactive ketones (excluding diaryl/α,β-unsaturated/α-hetero) is 1. The Hall–Kier alpha value is -2.27. The van der Waals surface area contributed by atoms with Crippen LogP contribution in [-0.2, 0) is 6.42 Å². The Morgan fingerprint density at radius 3 is 2.52 bits per heavy atom. The van der Waals surface area contributed by atoms with E-state index in [1.54, 1.807) is 24.5 Å². The molecular weight excluding hydrogens is 266 g/mol. The molecule has 0 amide bonds. The number of carbonyl (C=O) groups excluding carboxylic acids is 1. The van der Waals surface area contributed by atoms with Crippen molar-refractivity contribution >= 4 is 5.78 Å². The van der Waals surface area contributed by atoms with Gasteiger partial charge in [-0.3, -0.25) is 4.79 Å². The molecule has 21 heavy (non-hydrogen) atoms. The standard InChI is InChI=1S/C16H19N3O2/c1-12(17-2)11-21-14-9-18-16(19-10-14)8-15(20)13-6-4-3-5-7-13/h3-7,9-10,12,17H,8,11H2,1-2H3. The summed E-state index contributed by atoms with van der Waals surface area (Å²) in [6.45, 7) is 2.57. The summed E-state index contributed by atoms with van der Waals surface area (Å²) < 4.78 is 5.53. The molecule has 0 aliphatic carbocycles. The van der Waals surface area contributed by atoms with Gasteiger partial charge in [-0.15, -0.1) is 0 Å². The Balaban J connectivity index is 1.92. The fraction of sp³-hybridized carbons (Fsp3) is 0.312. The van der Waals surface area contributed by atoms with Gasteiger partial charge in [0.15, 0.2) is 11.5 Å². The first-order valence-corrected chi connectivity index (χ1v) is 6.88. The van der Waals surface area contributed by atoms with Crippen LogP contribution in [0.25, 0.3) is 0 Å². The summed E-state index contributed by atoms with van der Waals surface area (Å²) in [5.74, 6) is 1.11. The van der Waals surface area contributed by atoms with Crippen molar-refractivity contribution in [1.82, 2.24) is 15.3 Å². The second-order valence-corrected chi connectivity index (χ2v) is 4.80. The van der Waals surface area contributed by atoms with E-state index < -0.39 is 0 Å². The number of nitrogens with one attached hydrogen (secondary N) is 1. The molecule has 5 heteroatoms. The second kappa shape index (κ2) is 7.50. The third-order valence-electron chi connectivity index (χ3n) is 3.09. The van der Waals surface area contributed by atoms with E-state index in [2.05, 4.69) is 15.3 Å². The van der Waals surface area contributed by atoms with Crippen LogP contribution in [0.3, 0.4) is 0 Å². The number of hydrogen-bond acceptors (Lipinski definition) is 5. The minimum Gasteiger partial charge on any atom is -0.489 e. The summed E-state index contributed by atoms with van der Waals surface area (Å²) in [5, 5.41) is 3.08. The molecule has 0 radical (unpaired) electrons. The number of hydrogen-bond donors (Lipinski definition) is 1. The number of carbonyl (C=O) groups is 1. The zero-order chi connectivity index (χ0) is 15.1. The van der Waals surface area contributed by atoms with Crippen LogP contribution in [0.1, 0.15) is 23.1 Å². The lowest BCUT2D eigenvalue weighted by Gasteiger charge is -2.11. The normalized spacial score (nSPS) is 11.9. The van der Waals surface area contributed by atoms with Gasteiger partial charge in [-0.05, 0) is 14.0 Å². The van der Waals surface area contributed by atoms with Crippen molar-refractivity contribution < 1.29 is 9.53 Å². The van der Waals surface area contributed by atoms with E-state index in [1.807, 2.05) is 32.2 Å². The highest BCUT2D eigenvalue weighted by atomic mass is 16.5. The van der Waals surface area contributed by atoms with Crippen LogP contribution in [0.4, 0.5) is 0 Å². The van der Waals surface area contributed by atoms with Crippen LogP contribution in [0, 0.1) is 0 Å². The molecule has 0 bridgehead atoms. The fourth-order valence-electron chi connectivity index (χ4n) is 1.68. The molecule has 0 saturated heterocycles. The lowest BCUT2D eigenvalue weighted by Crippen LogP contribution is -2.28. The number of ketones is 1. The van der Waals surface area contributed by atoms with E-state index in [-0.39, 0.29) is 18.2 Å². The highest BCUT2D eigenvalue weighted by Gasteiger charge is 2.09. The van der Waals surface area contributed by atoms with Gasteiger partial charge < -0.3 is 10.1 Å². The van der Waals surface area contributed by atoms with Crippen LogP contribution in [-0.4, -0.2) is 35.4 Å². The molecule has 1 aromatic heterocycles. The van der Waals surface area contributed by atoms with Crippen LogP contribution in [0.2, 0.25) is 0 Å². The van der Waals surface area contributed by atoms with Gasteiger partial charge in [-0.2, -0.15) is 0 Å². The third-order valence-corrected chi connectivity index (χ3v) is 3.09. The molecule has 0 spiro atoms. The van der Waals surface area contributed by atoms with Crippen molar-refractivity contribution in [2.75, 3.05) is 13.7 Å². The molecular formula is C16H19N3O2. The molecule has 0 fully saturated rings. The number of likely N-dealkylation sites (N-methyl/N-ethyl adjacent to an activating group) is 1. The number of nitrogens with zero attached hydrogens (tertiary/aromatic N) is 2. The summed E-state index contributed by atoms with van der Waals surface area (Å²) in [5.41, 5.74) is 0.671. The van der Waals surface area contributed by atoms with Crippen LogP contribution >= 0.6 is 0 Å². The van der Waals surface area contributed by atoms with E-state index in [9.17, 15) is 4.79 Å². The van der Waals surface area contributed by atoms with E-state index in [0.717, 1.165) is 0 Å². The Labute approximate surface area is 124 Å². The van der Waals surface area contributed by atoms with Gasteiger partial charge in [-0.1, -0.05) is 30.3 Å². The first-order valence-electron chi connectivity index (χ1n) is 6.88. The maximum atomic E-state index is 12.0. The fourth-order valence-corrected chi connectivity index (χ4v) is 1.68. The molecule has 110 valence electrons. The van der Waals surface area contributed by atoms with Crippen molar-refractivity contribution in [3.63, 3.8) is 0 Å². The maximum Gasteiger partial charge on any atom is 0.170 e. The summed E-state index contributed by atoms with van der Waals surface area (Å²) in [6, 6.07) is 9.40. The average Bonchev–Trinajstić information content (AvgIpc) is 2.54. The first-order chi connectivity index (χ1) is 10.2. The summed E-state index contributed by atoms with van der Waals surface area (Å²) in [4.78, 5) is 20.4. The smallest absolute Gasteiger partial charge is 0.170 e. The van der Waals surface area contributed by atoms with Crippen molar-refractivity contribution in [2.45, 2.75) is 19.4 Å². The molecule has 0 aliphatic rings. The molecule has 5 nitrogen and oxygen atoms in total. The molecule has 0 aliphatic heterocycles. The van der Waals surface area contributed by atoms with Crippen molar-refractivity contribution in [1.29, 1.82) is 0 Å². The van der Waals surface area contributed by atoms with Crippen molar-refractivity contribution in [2.24, 2.45) is 0 Å². The van der Waals surface area contributed by atoms with Gasteiger partial charge in [-0.25, -0.2) is 9.97 Å². The van der Waals surface area contributed by atoms with E-state index in [4.69, 9.17) is 4.74 Å². The van der Waals surface area contributed by atoms with Gasteiger partial charge in [0, 0.05) is 11.6 Å². The largest absolute Gasteiger partial charge is 0.489 e. The van der Waals surface area contributed by atoms with Crippen molar-refractivity contribution in [3.05, 3.63) is 54.1 Å². The van der Waals surface area contributed by atoms with Crippen molar-refractivity contribution in [3.8, 4) is 5.75 Å². The maximum absolute atomic E-state index is 12.0. The Bertz CT molecular complexity index is 570. The minimum absolute atomic E-state index is 0.00748. The van der Waals surface area contributed by atoms with E-state index in [1.165, 1.54) is 0 Å². The Morgan fingerprint density at radius 1 is 1.24 bits per heavy atom. The number of benzene rings is 1. The lowest BCUT2D eigenvalue weighted by molar-refractivity contribution is 0.0990. The topological polar surface area (TPSA) is 64.1 Å².